The van der Waals surface area contributed by atoms with Crippen LogP contribution in [0.1, 0.15) is 43.6 Å². The number of nitrogens with zero attached hydrogens (tertiary/aromatic N) is 1. The Kier molecular flexibility index (Phi) is 8.84. The molecule has 6 heteroatoms. The molecule has 2 aliphatic rings. The number of benzene rings is 2. The Balaban J connectivity index is 1.80. The molecule has 0 N–H and O–H groups in total. The van der Waals surface area contributed by atoms with Crippen molar-refractivity contribution in [3.8, 4) is 0 Å². The highest BCUT2D eigenvalue weighted by Gasteiger charge is 2.57. The van der Waals surface area contributed by atoms with Gasteiger partial charge in [0.05, 0.1) is 5.92 Å². The van der Waals surface area contributed by atoms with Gasteiger partial charge in [0, 0.05) is 38.1 Å². The maximum absolute atomic E-state index is 14.4. The van der Waals surface area contributed by atoms with Crippen LogP contribution in [0.3, 0.4) is 0 Å². The molecule has 1 heterocycles. The molecule has 0 bridgehead atoms. The number of carbonyl (C=O) groups is 2. The van der Waals surface area contributed by atoms with Gasteiger partial charge in [-0.25, -0.2) is 0 Å². The van der Waals surface area contributed by atoms with Crippen LogP contribution < -0.4 is 0 Å². The van der Waals surface area contributed by atoms with Gasteiger partial charge in [0.25, 0.3) is 5.91 Å². The number of allylic oxidation sites excluding steroid dienone is 1. The van der Waals surface area contributed by atoms with E-state index in [1.165, 1.54) is 5.57 Å². The van der Waals surface area contributed by atoms with Gasteiger partial charge in [0.15, 0.2) is 8.32 Å². The van der Waals surface area contributed by atoms with Crippen molar-refractivity contribution >= 4 is 28.2 Å². The van der Waals surface area contributed by atoms with Crippen molar-refractivity contribution in [3.05, 3.63) is 83.4 Å². The predicted octanol–water partition coefficient (Wildman–Crippen LogP) is 8.07. The lowest BCUT2D eigenvalue weighted by Crippen LogP contribution is -2.46. The molecule has 4 rings (SSSR count). The third-order valence-electron chi connectivity index (χ3n) is 9.46. The van der Waals surface area contributed by atoms with Crippen LogP contribution in [0.25, 0.3) is 0 Å². The summed E-state index contributed by atoms with van der Waals surface area (Å²) in [6.07, 6.45) is 3.13. The summed E-state index contributed by atoms with van der Waals surface area (Å²) in [5.74, 6) is -0.181. The van der Waals surface area contributed by atoms with Crippen molar-refractivity contribution in [1.82, 2.24) is 4.90 Å². The van der Waals surface area contributed by atoms with Crippen molar-refractivity contribution in [2.24, 2.45) is 23.7 Å². The summed E-state index contributed by atoms with van der Waals surface area (Å²) in [6, 6.07) is 20.5. The SMILES string of the molecule is CC1C(C[Si](C)(C)C)=CC(CO[Si](C)(C)C(C)(C)C)C2C1C(=O)N(C(=O)c1ccccc1)C2Cc1ccccc1. The van der Waals surface area contributed by atoms with E-state index in [1.54, 1.807) is 4.90 Å². The molecule has 2 aromatic rings. The molecule has 2 amide bonds. The first-order valence-corrected chi connectivity index (χ1v) is 21.5. The normalized spacial score (nSPS) is 25.5. The number of fused-ring (bicyclic) bond motifs is 1. The molecule has 1 fully saturated rings. The second-order valence-corrected chi connectivity index (χ2v) is 25.0. The van der Waals surface area contributed by atoms with Gasteiger partial charge in [-0.15, -0.1) is 0 Å². The fraction of sp³-hybridized carbons (Fsp3) is 0.529. The molecule has 40 heavy (non-hydrogen) atoms. The summed E-state index contributed by atoms with van der Waals surface area (Å²) in [5, 5.41) is 0.101. The van der Waals surface area contributed by atoms with Crippen LogP contribution in [0, 0.1) is 23.7 Å². The highest BCUT2D eigenvalue weighted by atomic mass is 28.4. The Morgan fingerprint density at radius 2 is 1.50 bits per heavy atom. The Morgan fingerprint density at radius 1 is 0.925 bits per heavy atom. The van der Waals surface area contributed by atoms with Gasteiger partial charge in [-0.2, -0.15) is 0 Å². The third-order valence-corrected chi connectivity index (χ3v) is 15.4. The first kappa shape index (κ1) is 30.7. The maximum atomic E-state index is 14.4. The summed E-state index contributed by atoms with van der Waals surface area (Å²) in [7, 11) is -3.44. The molecular formula is C34H49NO3Si2. The van der Waals surface area contributed by atoms with Crippen LogP contribution in [0.5, 0.6) is 0 Å². The van der Waals surface area contributed by atoms with Crippen molar-refractivity contribution in [3.63, 3.8) is 0 Å². The molecular weight excluding hydrogens is 527 g/mol. The topological polar surface area (TPSA) is 46.6 Å². The predicted molar refractivity (Wildman–Crippen MR) is 171 cm³/mol. The van der Waals surface area contributed by atoms with E-state index in [9.17, 15) is 9.59 Å². The van der Waals surface area contributed by atoms with Crippen molar-refractivity contribution < 1.29 is 14.0 Å². The maximum Gasteiger partial charge on any atom is 0.260 e. The van der Waals surface area contributed by atoms with E-state index in [0.29, 0.717) is 18.6 Å². The van der Waals surface area contributed by atoms with Gasteiger partial charge in [-0.05, 0) is 54.2 Å². The molecule has 0 radical (unpaired) electrons. The highest BCUT2D eigenvalue weighted by Crippen LogP contribution is 2.50. The first-order valence-electron chi connectivity index (χ1n) is 14.9. The summed E-state index contributed by atoms with van der Waals surface area (Å²) in [6.45, 7) is 21.4. The van der Waals surface area contributed by atoms with Gasteiger partial charge in [0.1, 0.15) is 0 Å². The van der Waals surface area contributed by atoms with E-state index in [0.717, 1.165) is 11.6 Å². The number of imide groups is 1. The quantitative estimate of drug-likeness (QED) is 0.182. The minimum absolute atomic E-state index is 0.00853. The first-order chi connectivity index (χ1) is 18.6. The molecule has 0 saturated carbocycles. The number of likely N-dealkylation sites (tertiary alicyclic amines) is 1. The molecule has 2 aromatic carbocycles. The van der Waals surface area contributed by atoms with Crippen LogP contribution in [0.15, 0.2) is 72.3 Å². The lowest BCUT2D eigenvalue weighted by atomic mass is 9.67. The van der Waals surface area contributed by atoms with Crippen LogP contribution >= 0.6 is 0 Å². The van der Waals surface area contributed by atoms with E-state index in [-0.39, 0.29) is 46.6 Å². The van der Waals surface area contributed by atoms with Crippen LogP contribution in [0.2, 0.25) is 43.8 Å². The summed E-state index contributed by atoms with van der Waals surface area (Å²) >= 11 is 0. The second-order valence-electron chi connectivity index (χ2n) is 14.7. The average molecular weight is 576 g/mol. The van der Waals surface area contributed by atoms with Gasteiger partial charge >= 0.3 is 0 Å². The largest absolute Gasteiger partial charge is 0.416 e. The summed E-state index contributed by atoms with van der Waals surface area (Å²) < 4.78 is 6.86. The Morgan fingerprint density at radius 3 is 2.05 bits per heavy atom. The number of carbonyl (C=O) groups excluding carboxylic acids is 2. The van der Waals surface area contributed by atoms with Gasteiger partial charge in [-0.3, -0.25) is 14.5 Å². The molecule has 0 aromatic heterocycles. The monoisotopic (exact) mass is 575 g/mol. The number of amides is 2. The van der Waals surface area contributed by atoms with Gasteiger partial charge in [0.2, 0.25) is 5.91 Å². The summed E-state index contributed by atoms with van der Waals surface area (Å²) in [4.78, 5) is 30.1. The molecule has 0 spiro atoms. The number of rotatable bonds is 8. The number of hydrogen-bond donors (Lipinski definition) is 0. The molecule has 4 nitrogen and oxygen atoms in total. The smallest absolute Gasteiger partial charge is 0.260 e. The van der Waals surface area contributed by atoms with E-state index in [1.807, 2.05) is 48.5 Å². The van der Waals surface area contributed by atoms with Crippen LogP contribution in [0.4, 0.5) is 0 Å². The molecule has 216 valence electrons. The van der Waals surface area contributed by atoms with E-state index < -0.39 is 16.4 Å². The minimum atomic E-state index is -2.01. The standard InChI is InChI=1S/C34H49NO3Si2/c1-24-28(23-39(5,6)7)21-27(22-38-40(8,9)34(2,3)4)31-29(20-25-16-12-10-13-17-25)35(33(37)30(24)31)32(36)26-18-14-11-15-19-26/h10-19,21,24,27,29-31H,20,22-23H2,1-9H3. The Bertz CT molecular complexity index is 1230. The Hall–Kier alpha value is -2.29. The number of hydrogen-bond acceptors (Lipinski definition) is 3. The zero-order chi connectivity index (χ0) is 29.5. The van der Waals surface area contributed by atoms with Crippen molar-refractivity contribution in [2.45, 2.75) is 84.0 Å². The van der Waals surface area contributed by atoms with Crippen molar-refractivity contribution in [2.75, 3.05) is 6.61 Å². The minimum Gasteiger partial charge on any atom is -0.416 e. The highest BCUT2D eigenvalue weighted by molar-refractivity contribution is 6.76. The van der Waals surface area contributed by atoms with Crippen molar-refractivity contribution in [1.29, 1.82) is 0 Å². The molecule has 5 unspecified atom stereocenters. The average Bonchev–Trinajstić information content (AvgIpc) is 3.16. The zero-order valence-electron chi connectivity index (χ0n) is 26.0. The molecule has 1 aliphatic carbocycles. The lowest BCUT2D eigenvalue weighted by molar-refractivity contribution is -0.130. The van der Waals surface area contributed by atoms with Crippen LogP contribution in [-0.2, 0) is 15.6 Å². The second kappa shape index (κ2) is 11.5. The summed E-state index contributed by atoms with van der Waals surface area (Å²) in [5.41, 5.74) is 3.12. The van der Waals surface area contributed by atoms with Gasteiger partial charge < -0.3 is 4.43 Å². The third kappa shape index (κ3) is 6.45. The van der Waals surface area contributed by atoms with Gasteiger partial charge in [-0.1, -0.05) is 108 Å². The molecule has 5 atom stereocenters. The van der Waals surface area contributed by atoms with Crippen LogP contribution in [-0.4, -0.2) is 45.8 Å². The molecule has 1 aliphatic heterocycles. The Labute approximate surface area is 244 Å². The fourth-order valence-corrected chi connectivity index (χ4v) is 9.04. The zero-order valence-corrected chi connectivity index (χ0v) is 28.0. The molecule has 1 saturated heterocycles. The van der Waals surface area contributed by atoms with E-state index >= 15 is 0 Å². The fourth-order valence-electron chi connectivity index (χ4n) is 6.33. The van der Waals surface area contributed by atoms with E-state index in [4.69, 9.17) is 4.43 Å². The lowest BCUT2D eigenvalue weighted by Gasteiger charge is -2.42. The van der Waals surface area contributed by atoms with E-state index in [2.05, 4.69) is 78.6 Å².